The van der Waals surface area contributed by atoms with Gasteiger partial charge in [-0.15, -0.1) is 0 Å². The van der Waals surface area contributed by atoms with E-state index in [1.165, 1.54) is 25.3 Å². The highest BCUT2D eigenvalue weighted by atomic mass is 16.6. The Morgan fingerprint density at radius 2 is 1.95 bits per heavy atom. The van der Waals surface area contributed by atoms with Crippen LogP contribution in [0.5, 0.6) is 0 Å². The molecule has 6 heteroatoms. The Morgan fingerprint density at radius 1 is 1.30 bits per heavy atom. The van der Waals surface area contributed by atoms with Crippen LogP contribution in [0.2, 0.25) is 0 Å². The first-order chi connectivity index (χ1) is 9.47. The third-order valence-electron chi connectivity index (χ3n) is 4.27. The van der Waals surface area contributed by atoms with Crippen LogP contribution in [-0.4, -0.2) is 43.0 Å². The highest BCUT2D eigenvalue weighted by Gasteiger charge is 2.38. The summed E-state index contributed by atoms with van der Waals surface area (Å²) in [5.41, 5.74) is 1.82. The van der Waals surface area contributed by atoms with Crippen molar-refractivity contribution in [1.29, 1.82) is 0 Å². The molecule has 1 aromatic rings. The summed E-state index contributed by atoms with van der Waals surface area (Å²) in [6.45, 7) is 0.810. The average molecular weight is 278 g/mol. The van der Waals surface area contributed by atoms with Crippen molar-refractivity contribution < 1.29 is 4.92 Å². The minimum absolute atomic E-state index is 0.104. The summed E-state index contributed by atoms with van der Waals surface area (Å²) in [7, 11) is 5.94. The Balaban J connectivity index is 2.12. The van der Waals surface area contributed by atoms with Crippen LogP contribution in [0.15, 0.2) is 18.2 Å². The number of nitro benzene ring substituents is 1. The van der Waals surface area contributed by atoms with E-state index in [1.54, 1.807) is 13.1 Å². The summed E-state index contributed by atoms with van der Waals surface area (Å²) in [6, 6.07) is 5.02. The number of nitro groups is 1. The number of likely N-dealkylation sites (N-methyl/N-ethyl adjacent to an activating group) is 1. The number of benzene rings is 1. The summed E-state index contributed by atoms with van der Waals surface area (Å²) >= 11 is 0. The van der Waals surface area contributed by atoms with Crippen LogP contribution >= 0.6 is 0 Å². The first kappa shape index (κ1) is 14.6. The lowest BCUT2D eigenvalue weighted by Gasteiger charge is -2.47. The van der Waals surface area contributed by atoms with E-state index >= 15 is 0 Å². The summed E-state index contributed by atoms with van der Waals surface area (Å²) < 4.78 is 0. The lowest BCUT2D eigenvalue weighted by atomic mass is 9.75. The molecule has 2 rings (SSSR count). The first-order valence-corrected chi connectivity index (χ1v) is 6.85. The summed E-state index contributed by atoms with van der Waals surface area (Å²) in [6.07, 6.45) is 3.58. The molecular formula is C14H22N4O2. The fraction of sp³-hybridized carbons (Fsp3) is 0.571. The second-order valence-electron chi connectivity index (χ2n) is 5.60. The van der Waals surface area contributed by atoms with E-state index in [-0.39, 0.29) is 16.1 Å². The highest BCUT2D eigenvalue weighted by molar-refractivity contribution is 5.63. The SMILES string of the molecule is CNc1cc(NCC2(N(C)C)CCC2)cc([N+](=O)[O-])c1. The van der Waals surface area contributed by atoms with Crippen molar-refractivity contribution in [3.05, 3.63) is 28.3 Å². The molecule has 0 atom stereocenters. The fourth-order valence-electron chi connectivity index (χ4n) is 2.60. The fourth-order valence-corrected chi connectivity index (χ4v) is 2.60. The number of nitrogens with zero attached hydrogens (tertiary/aromatic N) is 2. The molecule has 0 spiro atoms. The Bertz CT molecular complexity index is 498. The van der Waals surface area contributed by atoms with E-state index in [0.717, 1.165) is 17.9 Å². The van der Waals surface area contributed by atoms with Gasteiger partial charge in [-0.2, -0.15) is 0 Å². The minimum Gasteiger partial charge on any atom is -0.388 e. The predicted molar refractivity (Wildman–Crippen MR) is 81.4 cm³/mol. The number of non-ortho nitro benzene ring substituents is 1. The zero-order valence-electron chi connectivity index (χ0n) is 12.3. The van der Waals surface area contributed by atoms with Gasteiger partial charge in [-0.1, -0.05) is 0 Å². The van der Waals surface area contributed by atoms with Crippen LogP contribution in [0.1, 0.15) is 19.3 Å². The van der Waals surface area contributed by atoms with Crippen LogP contribution in [0.4, 0.5) is 17.1 Å². The zero-order valence-corrected chi connectivity index (χ0v) is 12.3. The molecule has 1 fully saturated rings. The molecule has 20 heavy (non-hydrogen) atoms. The molecule has 2 N–H and O–H groups in total. The van der Waals surface area contributed by atoms with Crippen molar-refractivity contribution in [2.75, 3.05) is 38.3 Å². The van der Waals surface area contributed by atoms with Crippen LogP contribution in [-0.2, 0) is 0 Å². The Kier molecular flexibility index (Phi) is 4.13. The number of anilines is 2. The van der Waals surface area contributed by atoms with E-state index in [4.69, 9.17) is 0 Å². The lowest BCUT2D eigenvalue weighted by Crippen LogP contribution is -2.54. The van der Waals surface area contributed by atoms with E-state index in [9.17, 15) is 10.1 Å². The molecule has 6 nitrogen and oxygen atoms in total. The third kappa shape index (κ3) is 2.85. The quantitative estimate of drug-likeness (QED) is 0.618. The summed E-state index contributed by atoms with van der Waals surface area (Å²) in [5.74, 6) is 0. The summed E-state index contributed by atoms with van der Waals surface area (Å²) in [5, 5.41) is 17.2. The van der Waals surface area contributed by atoms with Gasteiger partial charge in [-0.05, 0) is 39.4 Å². The lowest BCUT2D eigenvalue weighted by molar-refractivity contribution is -0.384. The molecule has 1 aromatic carbocycles. The molecule has 0 radical (unpaired) electrons. The largest absolute Gasteiger partial charge is 0.388 e. The molecular weight excluding hydrogens is 256 g/mol. The molecule has 0 heterocycles. The van der Waals surface area contributed by atoms with Gasteiger partial charge in [0.2, 0.25) is 0 Å². The van der Waals surface area contributed by atoms with Crippen molar-refractivity contribution in [1.82, 2.24) is 4.90 Å². The van der Waals surface area contributed by atoms with Crippen molar-refractivity contribution in [3.63, 3.8) is 0 Å². The van der Waals surface area contributed by atoms with Gasteiger partial charge in [0, 0.05) is 42.6 Å². The molecule has 0 bridgehead atoms. The van der Waals surface area contributed by atoms with Gasteiger partial charge < -0.3 is 15.5 Å². The van der Waals surface area contributed by atoms with Gasteiger partial charge >= 0.3 is 0 Å². The zero-order chi connectivity index (χ0) is 14.8. The topological polar surface area (TPSA) is 70.4 Å². The van der Waals surface area contributed by atoms with Gasteiger partial charge in [-0.3, -0.25) is 10.1 Å². The van der Waals surface area contributed by atoms with Crippen molar-refractivity contribution in [2.24, 2.45) is 0 Å². The minimum atomic E-state index is -0.364. The Morgan fingerprint density at radius 3 is 2.40 bits per heavy atom. The van der Waals surface area contributed by atoms with Crippen molar-refractivity contribution in [3.8, 4) is 0 Å². The van der Waals surface area contributed by atoms with Crippen molar-refractivity contribution in [2.45, 2.75) is 24.8 Å². The van der Waals surface area contributed by atoms with E-state index in [2.05, 4.69) is 29.6 Å². The molecule has 1 aliphatic rings. The van der Waals surface area contributed by atoms with Gasteiger partial charge in [0.05, 0.1) is 4.92 Å². The number of rotatable bonds is 6. The maximum Gasteiger partial charge on any atom is 0.273 e. The molecule has 110 valence electrons. The molecule has 1 aliphatic carbocycles. The maximum atomic E-state index is 10.9. The molecule has 1 saturated carbocycles. The molecule has 0 amide bonds. The Labute approximate surface area is 119 Å². The van der Waals surface area contributed by atoms with Crippen LogP contribution in [0.25, 0.3) is 0 Å². The molecule has 0 unspecified atom stereocenters. The van der Waals surface area contributed by atoms with Crippen molar-refractivity contribution >= 4 is 17.1 Å². The summed E-state index contributed by atoms with van der Waals surface area (Å²) in [4.78, 5) is 12.8. The predicted octanol–water partition coefficient (Wildman–Crippen LogP) is 2.53. The van der Waals surface area contributed by atoms with Crippen LogP contribution in [0, 0.1) is 10.1 Å². The number of nitrogens with one attached hydrogen (secondary N) is 2. The van der Waals surface area contributed by atoms with E-state index in [1.807, 2.05) is 6.07 Å². The van der Waals surface area contributed by atoms with Gasteiger partial charge in [0.1, 0.15) is 0 Å². The molecule has 0 aliphatic heterocycles. The second-order valence-corrected chi connectivity index (χ2v) is 5.60. The number of hydrogen-bond donors (Lipinski definition) is 2. The van der Waals surface area contributed by atoms with E-state index < -0.39 is 0 Å². The van der Waals surface area contributed by atoms with Gasteiger partial charge in [0.15, 0.2) is 0 Å². The third-order valence-corrected chi connectivity index (χ3v) is 4.27. The maximum absolute atomic E-state index is 10.9. The van der Waals surface area contributed by atoms with E-state index in [0.29, 0.717) is 0 Å². The Hall–Kier alpha value is -1.82. The second kappa shape index (κ2) is 5.66. The molecule has 0 aromatic heterocycles. The first-order valence-electron chi connectivity index (χ1n) is 6.85. The number of hydrogen-bond acceptors (Lipinski definition) is 5. The highest BCUT2D eigenvalue weighted by Crippen LogP contribution is 2.36. The van der Waals surface area contributed by atoms with Gasteiger partial charge in [-0.25, -0.2) is 0 Å². The monoisotopic (exact) mass is 278 g/mol. The van der Waals surface area contributed by atoms with Crippen LogP contribution < -0.4 is 10.6 Å². The molecule has 0 saturated heterocycles. The normalized spacial score (nSPS) is 16.6. The standard InChI is InChI=1S/C14H22N4O2/c1-15-11-7-12(9-13(8-11)18(19)20)16-10-14(17(2)3)5-4-6-14/h7-9,15-16H,4-6,10H2,1-3H3. The average Bonchev–Trinajstić information content (AvgIpc) is 2.36. The van der Waals surface area contributed by atoms with Gasteiger partial charge in [0.25, 0.3) is 5.69 Å². The smallest absolute Gasteiger partial charge is 0.273 e. The van der Waals surface area contributed by atoms with Crippen LogP contribution in [0.3, 0.4) is 0 Å².